The first-order valence-corrected chi connectivity index (χ1v) is 6.26. The summed E-state index contributed by atoms with van der Waals surface area (Å²) in [5.74, 6) is 0. The molecule has 88 valence electrons. The third-order valence-corrected chi connectivity index (χ3v) is 4.05. The minimum Gasteiger partial charge on any atom is -0.383 e. The summed E-state index contributed by atoms with van der Waals surface area (Å²) >= 11 is 12.0. The molecule has 0 saturated carbocycles. The molecule has 1 aliphatic rings. The normalized spacial score (nSPS) is 18.0. The third-order valence-electron chi connectivity index (χ3n) is 3.33. The van der Waals surface area contributed by atoms with Gasteiger partial charge >= 0.3 is 0 Å². The van der Waals surface area contributed by atoms with E-state index in [-0.39, 0.29) is 5.41 Å². The maximum Gasteiger partial charge on any atom is 0.0614 e. The molecule has 0 bridgehead atoms. The second-order valence-corrected chi connectivity index (χ2v) is 5.50. The van der Waals surface area contributed by atoms with Gasteiger partial charge in [-0.3, -0.25) is 0 Å². The van der Waals surface area contributed by atoms with Gasteiger partial charge in [0, 0.05) is 18.5 Å². The van der Waals surface area contributed by atoms with Crippen LogP contribution >= 0.6 is 23.2 Å². The summed E-state index contributed by atoms with van der Waals surface area (Å²) in [5, 5.41) is 8.04. The van der Waals surface area contributed by atoms with Crippen molar-refractivity contribution in [2.24, 2.45) is 5.41 Å². The maximum absolute atomic E-state index is 6.00. The number of anilines is 2. The van der Waals surface area contributed by atoms with Gasteiger partial charge in [0.15, 0.2) is 0 Å². The highest BCUT2D eigenvalue weighted by Gasteiger charge is 2.25. The fourth-order valence-electron chi connectivity index (χ4n) is 1.77. The van der Waals surface area contributed by atoms with Gasteiger partial charge in [0.2, 0.25) is 0 Å². The average Bonchev–Trinajstić information content (AvgIpc) is 2.42. The summed E-state index contributed by atoms with van der Waals surface area (Å²) in [4.78, 5) is 0. The molecule has 0 spiro atoms. The number of benzene rings is 1. The van der Waals surface area contributed by atoms with E-state index in [2.05, 4.69) is 24.5 Å². The number of nitrogens with one attached hydrogen (secondary N) is 2. The zero-order valence-corrected chi connectivity index (χ0v) is 11.0. The van der Waals surface area contributed by atoms with Crippen LogP contribution in [0.4, 0.5) is 11.4 Å². The highest BCUT2D eigenvalue weighted by Crippen LogP contribution is 2.36. The molecule has 0 aromatic heterocycles. The van der Waals surface area contributed by atoms with Gasteiger partial charge in [-0.1, -0.05) is 37.0 Å². The lowest BCUT2D eigenvalue weighted by molar-refractivity contribution is 0.361. The van der Waals surface area contributed by atoms with Crippen molar-refractivity contribution in [3.63, 3.8) is 0 Å². The van der Waals surface area contributed by atoms with E-state index in [1.54, 1.807) is 0 Å². The van der Waals surface area contributed by atoms with Crippen LogP contribution in [0.25, 0.3) is 0 Å². The van der Waals surface area contributed by atoms with Gasteiger partial charge in [-0.05, 0) is 18.6 Å². The fraction of sp³-hybridized carbons (Fsp3) is 0.500. The average molecular weight is 259 g/mol. The highest BCUT2D eigenvalue weighted by molar-refractivity contribution is 6.42. The first-order chi connectivity index (χ1) is 7.54. The van der Waals surface area contributed by atoms with Crippen LogP contribution in [0, 0.1) is 5.41 Å². The zero-order chi connectivity index (χ0) is 11.8. The summed E-state index contributed by atoms with van der Waals surface area (Å²) in [7, 11) is 0. The van der Waals surface area contributed by atoms with E-state index >= 15 is 0 Å². The summed E-state index contributed by atoms with van der Waals surface area (Å²) in [6.45, 7) is 6.37. The SMILES string of the molecule is CCC1(C)CNc2cc(Cl)c(Cl)cc2NC1. The summed E-state index contributed by atoms with van der Waals surface area (Å²) in [6, 6.07) is 3.77. The predicted octanol–water partition coefficient (Wildman–Crippen LogP) is 4.25. The number of halogens is 2. The van der Waals surface area contributed by atoms with Crippen molar-refractivity contribution in [1.29, 1.82) is 0 Å². The molecule has 4 heteroatoms. The number of rotatable bonds is 1. The van der Waals surface area contributed by atoms with E-state index in [0.29, 0.717) is 10.0 Å². The Morgan fingerprint density at radius 1 is 1.12 bits per heavy atom. The lowest BCUT2D eigenvalue weighted by Gasteiger charge is -2.26. The van der Waals surface area contributed by atoms with E-state index in [4.69, 9.17) is 23.2 Å². The third kappa shape index (κ3) is 2.23. The van der Waals surface area contributed by atoms with Crippen molar-refractivity contribution < 1.29 is 0 Å². The maximum atomic E-state index is 6.00. The van der Waals surface area contributed by atoms with Gasteiger partial charge in [-0.2, -0.15) is 0 Å². The van der Waals surface area contributed by atoms with Crippen molar-refractivity contribution in [3.05, 3.63) is 22.2 Å². The molecule has 2 rings (SSSR count). The molecule has 0 aliphatic carbocycles. The van der Waals surface area contributed by atoms with Crippen molar-refractivity contribution in [1.82, 2.24) is 0 Å². The van der Waals surface area contributed by atoms with E-state index in [9.17, 15) is 0 Å². The number of hydrogen-bond donors (Lipinski definition) is 2. The molecule has 0 amide bonds. The molecule has 0 unspecified atom stereocenters. The van der Waals surface area contributed by atoms with Crippen molar-refractivity contribution in [2.75, 3.05) is 23.7 Å². The van der Waals surface area contributed by atoms with E-state index in [1.165, 1.54) is 0 Å². The van der Waals surface area contributed by atoms with Crippen LogP contribution in [0.15, 0.2) is 12.1 Å². The van der Waals surface area contributed by atoms with Gasteiger partial charge < -0.3 is 10.6 Å². The molecule has 0 saturated heterocycles. The monoisotopic (exact) mass is 258 g/mol. The molecule has 16 heavy (non-hydrogen) atoms. The zero-order valence-electron chi connectivity index (χ0n) is 9.53. The van der Waals surface area contributed by atoms with Gasteiger partial charge in [0.1, 0.15) is 0 Å². The second-order valence-electron chi connectivity index (χ2n) is 4.68. The lowest BCUT2D eigenvalue weighted by atomic mass is 9.88. The molecule has 1 aliphatic heterocycles. The fourth-order valence-corrected chi connectivity index (χ4v) is 2.10. The molecule has 2 nitrogen and oxygen atoms in total. The van der Waals surface area contributed by atoms with Crippen molar-refractivity contribution in [3.8, 4) is 0 Å². The van der Waals surface area contributed by atoms with E-state index in [0.717, 1.165) is 30.9 Å². The molecule has 2 N–H and O–H groups in total. The standard InChI is InChI=1S/C12H16Cl2N2/c1-3-12(2)6-15-10-4-8(13)9(14)5-11(10)16-7-12/h4-5,15-16H,3,6-7H2,1-2H3. The molecular formula is C12H16Cl2N2. The Morgan fingerprint density at radius 2 is 1.56 bits per heavy atom. The van der Waals surface area contributed by atoms with Gasteiger partial charge in [0.25, 0.3) is 0 Å². The summed E-state index contributed by atoms with van der Waals surface area (Å²) in [5.41, 5.74) is 2.33. The molecule has 1 aromatic carbocycles. The van der Waals surface area contributed by atoms with Crippen LogP contribution < -0.4 is 10.6 Å². The first kappa shape index (κ1) is 11.9. The molecule has 0 radical (unpaired) electrons. The van der Waals surface area contributed by atoms with Crippen LogP contribution in [-0.2, 0) is 0 Å². The Kier molecular flexibility index (Phi) is 3.22. The lowest BCUT2D eigenvalue weighted by Crippen LogP contribution is -2.30. The van der Waals surface area contributed by atoms with Crippen LogP contribution in [0.1, 0.15) is 20.3 Å². The molecule has 0 atom stereocenters. The Labute approximate surface area is 106 Å². The Morgan fingerprint density at radius 3 is 1.94 bits per heavy atom. The minimum atomic E-state index is 0.262. The second kappa shape index (κ2) is 4.34. The summed E-state index contributed by atoms with van der Waals surface area (Å²) < 4.78 is 0. The number of fused-ring (bicyclic) bond motifs is 1. The topological polar surface area (TPSA) is 24.1 Å². The molecule has 1 aromatic rings. The van der Waals surface area contributed by atoms with Crippen molar-refractivity contribution in [2.45, 2.75) is 20.3 Å². The quantitative estimate of drug-likeness (QED) is 0.787. The van der Waals surface area contributed by atoms with Gasteiger partial charge in [-0.15, -0.1) is 0 Å². The number of hydrogen-bond acceptors (Lipinski definition) is 2. The van der Waals surface area contributed by atoms with Gasteiger partial charge in [-0.25, -0.2) is 0 Å². The van der Waals surface area contributed by atoms with Crippen LogP contribution in [0.3, 0.4) is 0 Å². The predicted molar refractivity (Wildman–Crippen MR) is 71.8 cm³/mol. The minimum absolute atomic E-state index is 0.262. The van der Waals surface area contributed by atoms with Crippen molar-refractivity contribution >= 4 is 34.6 Å². The van der Waals surface area contributed by atoms with Gasteiger partial charge in [0.05, 0.1) is 21.4 Å². The van der Waals surface area contributed by atoms with E-state index < -0.39 is 0 Å². The molecular weight excluding hydrogens is 243 g/mol. The highest BCUT2D eigenvalue weighted by atomic mass is 35.5. The molecule has 1 heterocycles. The Hall–Kier alpha value is -0.600. The van der Waals surface area contributed by atoms with Crippen LogP contribution in [-0.4, -0.2) is 13.1 Å². The van der Waals surface area contributed by atoms with Crippen LogP contribution in [0.2, 0.25) is 10.0 Å². The Bertz CT molecular complexity index is 371. The first-order valence-electron chi connectivity index (χ1n) is 5.51. The smallest absolute Gasteiger partial charge is 0.0614 e. The Balaban J connectivity index is 2.31. The van der Waals surface area contributed by atoms with E-state index in [1.807, 2.05) is 12.1 Å². The summed E-state index contributed by atoms with van der Waals surface area (Å²) in [6.07, 6.45) is 1.13. The van der Waals surface area contributed by atoms with Crippen LogP contribution in [0.5, 0.6) is 0 Å². The largest absolute Gasteiger partial charge is 0.383 e. The molecule has 0 fully saturated rings.